The van der Waals surface area contributed by atoms with Gasteiger partial charge in [0.2, 0.25) is 0 Å². The standard InChI is InChI=1S/C15H25NS/c1-13(2)17-12-15(16-3)11-7-10-14-8-5-4-6-9-14/h4-6,8-9,13,15-16H,7,10-12H2,1-3H3. The molecular weight excluding hydrogens is 226 g/mol. The van der Waals surface area contributed by atoms with Crippen molar-refractivity contribution in [2.45, 2.75) is 44.4 Å². The molecule has 0 fully saturated rings. The van der Waals surface area contributed by atoms with Crippen LogP contribution in [0.4, 0.5) is 0 Å². The molecule has 0 aliphatic heterocycles. The summed E-state index contributed by atoms with van der Waals surface area (Å²) in [7, 11) is 2.08. The van der Waals surface area contributed by atoms with Crippen LogP contribution in [0.2, 0.25) is 0 Å². The van der Waals surface area contributed by atoms with Gasteiger partial charge >= 0.3 is 0 Å². The van der Waals surface area contributed by atoms with E-state index < -0.39 is 0 Å². The molecule has 1 N–H and O–H groups in total. The van der Waals surface area contributed by atoms with Crippen molar-refractivity contribution in [3.63, 3.8) is 0 Å². The summed E-state index contributed by atoms with van der Waals surface area (Å²) < 4.78 is 0. The summed E-state index contributed by atoms with van der Waals surface area (Å²) in [6.07, 6.45) is 3.74. The predicted octanol–water partition coefficient (Wildman–Crippen LogP) is 3.74. The lowest BCUT2D eigenvalue weighted by atomic mass is 10.1. The third-order valence-electron chi connectivity index (χ3n) is 2.90. The molecule has 96 valence electrons. The number of aryl methyl sites for hydroxylation is 1. The summed E-state index contributed by atoms with van der Waals surface area (Å²) in [5.41, 5.74) is 1.46. The molecule has 0 spiro atoms. The summed E-state index contributed by atoms with van der Waals surface area (Å²) in [5.74, 6) is 1.23. The molecule has 1 unspecified atom stereocenters. The predicted molar refractivity (Wildman–Crippen MR) is 79.8 cm³/mol. The summed E-state index contributed by atoms with van der Waals surface area (Å²) in [5, 5.41) is 4.16. The van der Waals surface area contributed by atoms with Gasteiger partial charge in [-0.1, -0.05) is 44.2 Å². The van der Waals surface area contributed by atoms with E-state index in [9.17, 15) is 0 Å². The first kappa shape index (κ1) is 14.6. The third-order valence-corrected chi connectivity index (χ3v) is 4.16. The Morgan fingerprint density at radius 1 is 1.18 bits per heavy atom. The van der Waals surface area contributed by atoms with Gasteiger partial charge in [0.1, 0.15) is 0 Å². The van der Waals surface area contributed by atoms with Crippen molar-refractivity contribution in [3.8, 4) is 0 Å². The summed E-state index contributed by atoms with van der Waals surface area (Å²) in [6.45, 7) is 4.53. The molecule has 0 amide bonds. The highest BCUT2D eigenvalue weighted by Gasteiger charge is 2.07. The Morgan fingerprint density at radius 2 is 1.88 bits per heavy atom. The van der Waals surface area contributed by atoms with Crippen molar-refractivity contribution in [2.75, 3.05) is 12.8 Å². The second kappa shape index (κ2) is 8.60. The minimum Gasteiger partial charge on any atom is -0.316 e. The Kier molecular flexibility index (Phi) is 7.38. The molecule has 1 atom stereocenters. The van der Waals surface area contributed by atoms with E-state index in [0.717, 1.165) is 5.25 Å². The number of hydrogen-bond acceptors (Lipinski definition) is 2. The van der Waals surface area contributed by atoms with Crippen molar-refractivity contribution < 1.29 is 0 Å². The molecule has 0 radical (unpaired) electrons. The van der Waals surface area contributed by atoms with Crippen molar-refractivity contribution in [1.82, 2.24) is 5.32 Å². The fourth-order valence-electron chi connectivity index (χ4n) is 1.82. The largest absolute Gasteiger partial charge is 0.316 e. The maximum atomic E-state index is 3.42. The highest BCUT2D eigenvalue weighted by molar-refractivity contribution is 7.99. The van der Waals surface area contributed by atoms with E-state index in [1.54, 1.807) is 0 Å². The maximum Gasteiger partial charge on any atom is 0.0155 e. The SMILES string of the molecule is CNC(CCCc1ccccc1)CSC(C)C. The Hall–Kier alpha value is -0.470. The molecule has 0 bridgehead atoms. The molecular formula is C15H25NS. The van der Waals surface area contributed by atoms with Crippen LogP contribution in [-0.4, -0.2) is 24.1 Å². The normalized spacial score (nSPS) is 12.9. The minimum absolute atomic E-state index is 0.658. The topological polar surface area (TPSA) is 12.0 Å². The van der Waals surface area contributed by atoms with Gasteiger partial charge in [0, 0.05) is 11.8 Å². The van der Waals surface area contributed by atoms with E-state index in [1.165, 1.54) is 30.6 Å². The lowest BCUT2D eigenvalue weighted by Crippen LogP contribution is -2.28. The zero-order valence-corrected chi connectivity index (χ0v) is 12.1. The van der Waals surface area contributed by atoms with Crippen LogP contribution in [0.5, 0.6) is 0 Å². The lowest BCUT2D eigenvalue weighted by molar-refractivity contribution is 0.548. The number of hydrogen-bond donors (Lipinski definition) is 1. The Morgan fingerprint density at radius 3 is 2.47 bits per heavy atom. The fraction of sp³-hybridized carbons (Fsp3) is 0.600. The quantitative estimate of drug-likeness (QED) is 0.755. The summed E-state index contributed by atoms with van der Waals surface area (Å²) in [4.78, 5) is 0. The summed E-state index contributed by atoms with van der Waals surface area (Å²) in [6, 6.07) is 11.4. The smallest absolute Gasteiger partial charge is 0.0155 e. The number of benzene rings is 1. The van der Waals surface area contributed by atoms with Crippen LogP contribution >= 0.6 is 11.8 Å². The second-order valence-electron chi connectivity index (χ2n) is 4.75. The van der Waals surface area contributed by atoms with E-state index in [4.69, 9.17) is 0 Å². The van der Waals surface area contributed by atoms with Crippen molar-refractivity contribution in [1.29, 1.82) is 0 Å². The minimum atomic E-state index is 0.658. The van der Waals surface area contributed by atoms with Crippen LogP contribution in [-0.2, 0) is 6.42 Å². The molecule has 1 aromatic carbocycles. The molecule has 0 aromatic heterocycles. The average molecular weight is 251 g/mol. The molecule has 0 aliphatic carbocycles. The molecule has 2 heteroatoms. The lowest BCUT2D eigenvalue weighted by Gasteiger charge is -2.16. The van der Waals surface area contributed by atoms with Crippen LogP contribution < -0.4 is 5.32 Å². The van der Waals surface area contributed by atoms with Crippen molar-refractivity contribution in [3.05, 3.63) is 35.9 Å². The van der Waals surface area contributed by atoms with E-state index in [0.29, 0.717) is 6.04 Å². The van der Waals surface area contributed by atoms with Gasteiger partial charge in [-0.05, 0) is 37.1 Å². The fourth-order valence-corrected chi connectivity index (χ4v) is 2.77. The Bertz CT molecular complexity index is 284. The first-order chi connectivity index (χ1) is 8.22. The van der Waals surface area contributed by atoms with Gasteiger partial charge in [0.15, 0.2) is 0 Å². The molecule has 0 heterocycles. The van der Waals surface area contributed by atoms with Gasteiger partial charge in [0.25, 0.3) is 0 Å². The van der Waals surface area contributed by atoms with Crippen molar-refractivity contribution in [2.24, 2.45) is 0 Å². The zero-order valence-electron chi connectivity index (χ0n) is 11.3. The van der Waals surface area contributed by atoms with Gasteiger partial charge in [0.05, 0.1) is 0 Å². The number of nitrogens with one attached hydrogen (secondary N) is 1. The molecule has 17 heavy (non-hydrogen) atoms. The monoisotopic (exact) mass is 251 g/mol. The van der Waals surface area contributed by atoms with Crippen LogP contribution in [0.1, 0.15) is 32.3 Å². The molecule has 0 aliphatic rings. The average Bonchev–Trinajstić information content (AvgIpc) is 2.34. The van der Waals surface area contributed by atoms with E-state index in [1.807, 2.05) is 11.8 Å². The number of thioether (sulfide) groups is 1. The Balaban J connectivity index is 2.19. The van der Waals surface area contributed by atoms with Crippen LogP contribution in [0, 0.1) is 0 Å². The van der Waals surface area contributed by atoms with Crippen molar-refractivity contribution >= 4 is 11.8 Å². The molecule has 0 saturated carbocycles. The van der Waals surface area contributed by atoms with Crippen LogP contribution in [0.15, 0.2) is 30.3 Å². The molecule has 1 aromatic rings. The molecule has 0 saturated heterocycles. The highest BCUT2D eigenvalue weighted by atomic mass is 32.2. The number of rotatable bonds is 8. The second-order valence-corrected chi connectivity index (χ2v) is 6.35. The van der Waals surface area contributed by atoms with Crippen LogP contribution in [0.3, 0.4) is 0 Å². The van der Waals surface area contributed by atoms with E-state index in [-0.39, 0.29) is 0 Å². The van der Waals surface area contributed by atoms with Gasteiger partial charge in [-0.25, -0.2) is 0 Å². The van der Waals surface area contributed by atoms with Gasteiger partial charge in [-0.3, -0.25) is 0 Å². The van der Waals surface area contributed by atoms with Gasteiger partial charge in [-0.2, -0.15) is 11.8 Å². The Labute approximate surface area is 110 Å². The van der Waals surface area contributed by atoms with Gasteiger partial charge < -0.3 is 5.32 Å². The zero-order chi connectivity index (χ0) is 12.5. The third kappa shape index (κ3) is 6.75. The first-order valence-corrected chi connectivity index (χ1v) is 7.60. The molecule has 1 nitrogen and oxygen atoms in total. The maximum absolute atomic E-state index is 3.42. The first-order valence-electron chi connectivity index (χ1n) is 6.55. The van der Waals surface area contributed by atoms with Gasteiger partial charge in [-0.15, -0.1) is 0 Å². The summed E-state index contributed by atoms with van der Waals surface area (Å²) >= 11 is 2.05. The van der Waals surface area contributed by atoms with E-state index >= 15 is 0 Å². The molecule has 1 rings (SSSR count). The van der Waals surface area contributed by atoms with E-state index in [2.05, 4.69) is 56.5 Å². The highest BCUT2D eigenvalue weighted by Crippen LogP contribution is 2.14. The van der Waals surface area contributed by atoms with Crippen LogP contribution in [0.25, 0.3) is 0 Å².